The first kappa shape index (κ1) is 10.3. The van der Waals surface area contributed by atoms with Gasteiger partial charge in [-0.25, -0.2) is 0 Å². The summed E-state index contributed by atoms with van der Waals surface area (Å²) in [6.07, 6.45) is 6.04. The number of ketones is 1. The topological polar surface area (TPSA) is 17.1 Å². The van der Waals surface area contributed by atoms with E-state index in [0.29, 0.717) is 12.8 Å². The highest BCUT2D eigenvalue weighted by molar-refractivity contribution is 14.1. The number of Topliss-reactive ketones (excluding diaryl/α,β-unsaturated/α-hetero) is 1. The van der Waals surface area contributed by atoms with Gasteiger partial charge in [-0.3, -0.25) is 4.79 Å². The molecular weight excluding hydrogens is 275 g/mol. The molecule has 0 amide bonds. The van der Waals surface area contributed by atoms with Crippen molar-refractivity contribution in [1.29, 1.82) is 0 Å². The maximum absolute atomic E-state index is 11.5. The molecule has 0 unspecified atom stereocenters. The third-order valence-electron chi connectivity index (χ3n) is 1.64. The third kappa shape index (κ3) is 3.19. The lowest BCUT2D eigenvalue weighted by atomic mass is 10.1. The molecule has 0 fully saturated rings. The molecule has 66 valence electrons. The zero-order valence-corrected chi connectivity index (χ0v) is 9.24. The molecule has 1 rings (SSSR count). The highest BCUT2D eigenvalue weighted by Crippen LogP contribution is 2.10. The van der Waals surface area contributed by atoms with Crippen LogP contribution in [0.5, 0.6) is 0 Å². The van der Waals surface area contributed by atoms with E-state index >= 15 is 0 Å². The Labute approximate surface area is 91.7 Å². The van der Waals surface area contributed by atoms with Crippen molar-refractivity contribution in [2.75, 3.05) is 0 Å². The summed E-state index contributed by atoms with van der Waals surface area (Å²) in [5.41, 5.74) is 0.752. The number of hydrogen-bond acceptors (Lipinski definition) is 1. The largest absolute Gasteiger partial charge is 0.294 e. The third-order valence-corrected chi connectivity index (χ3v) is 2.31. The average molecular weight is 284 g/mol. The Kier molecular flexibility index (Phi) is 3.97. The Morgan fingerprint density at radius 1 is 1.54 bits per heavy atom. The standard InChI is InChI=1S/C11H9IO/c1-2-3-7-11(13)9-5-4-6-10(12)8-9/h1,4-6,8H,3,7H2. The minimum atomic E-state index is 0.122. The van der Waals surface area contributed by atoms with Crippen LogP contribution in [-0.2, 0) is 0 Å². The zero-order chi connectivity index (χ0) is 9.68. The van der Waals surface area contributed by atoms with E-state index in [-0.39, 0.29) is 5.78 Å². The van der Waals surface area contributed by atoms with E-state index < -0.39 is 0 Å². The van der Waals surface area contributed by atoms with Crippen LogP contribution < -0.4 is 0 Å². The lowest BCUT2D eigenvalue weighted by molar-refractivity contribution is 0.0984. The van der Waals surface area contributed by atoms with Crippen LogP contribution in [-0.4, -0.2) is 5.78 Å². The van der Waals surface area contributed by atoms with E-state index in [1.165, 1.54) is 0 Å². The van der Waals surface area contributed by atoms with Crippen molar-refractivity contribution in [3.05, 3.63) is 33.4 Å². The highest BCUT2D eigenvalue weighted by atomic mass is 127. The van der Waals surface area contributed by atoms with Gasteiger partial charge in [0.2, 0.25) is 0 Å². The van der Waals surface area contributed by atoms with E-state index in [0.717, 1.165) is 9.13 Å². The lowest BCUT2D eigenvalue weighted by Crippen LogP contribution is -1.98. The molecule has 0 atom stereocenters. The Morgan fingerprint density at radius 2 is 2.31 bits per heavy atom. The second-order valence-corrected chi connectivity index (χ2v) is 3.88. The van der Waals surface area contributed by atoms with E-state index in [9.17, 15) is 4.79 Å². The molecule has 0 saturated carbocycles. The fourth-order valence-corrected chi connectivity index (χ4v) is 1.54. The number of benzene rings is 1. The molecule has 1 nitrogen and oxygen atoms in total. The molecule has 0 N–H and O–H groups in total. The molecule has 1 aromatic carbocycles. The summed E-state index contributed by atoms with van der Waals surface area (Å²) < 4.78 is 1.07. The molecule has 0 aromatic heterocycles. The average Bonchev–Trinajstić information content (AvgIpc) is 2.14. The van der Waals surface area contributed by atoms with Gasteiger partial charge in [0, 0.05) is 22.0 Å². The summed E-state index contributed by atoms with van der Waals surface area (Å²) >= 11 is 2.18. The van der Waals surface area contributed by atoms with Crippen molar-refractivity contribution in [2.24, 2.45) is 0 Å². The van der Waals surface area contributed by atoms with Crippen molar-refractivity contribution in [3.8, 4) is 12.3 Å². The van der Waals surface area contributed by atoms with Gasteiger partial charge in [-0.15, -0.1) is 12.3 Å². The molecule has 0 spiro atoms. The maximum Gasteiger partial charge on any atom is 0.163 e. The molecule has 0 bridgehead atoms. The first-order valence-electron chi connectivity index (χ1n) is 3.96. The summed E-state index contributed by atoms with van der Waals surface area (Å²) in [5.74, 6) is 2.58. The van der Waals surface area contributed by atoms with Crippen LogP contribution in [0.15, 0.2) is 24.3 Å². The van der Waals surface area contributed by atoms with Crippen molar-refractivity contribution in [2.45, 2.75) is 12.8 Å². The first-order chi connectivity index (χ1) is 6.24. The fraction of sp³-hybridized carbons (Fsp3) is 0.182. The molecule has 0 heterocycles. The second-order valence-electron chi connectivity index (χ2n) is 2.64. The molecule has 0 radical (unpaired) electrons. The van der Waals surface area contributed by atoms with Crippen LogP contribution in [0.25, 0.3) is 0 Å². The smallest absolute Gasteiger partial charge is 0.163 e. The quantitative estimate of drug-likeness (QED) is 0.474. The summed E-state index contributed by atoms with van der Waals surface area (Å²) in [5, 5.41) is 0. The second kappa shape index (κ2) is 5.03. The Hall–Kier alpha value is -0.820. The molecular formula is C11H9IO. The normalized spacial score (nSPS) is 9.23. The van der Waals surface area contributed by atoms with Crippen LogP contribution >= 0.6 is 22.6 Å². The van der Waals surface area contributed by atoms with Gasteiger partial charge in [-0.2, -0.15) is 0 Å². The van der Waals surface area contributed by atoms with Gasteiger partial charge in [-0.1, -0.05) is 12.1 Å². The number of carbonyl (C=O) groups excluding carboxylic acids is 1. The molecule has 1 aromatic rings. The van der Waals surface area contributed by atoms with Crippen LogP contribution in [0.1, 0.15) is 23.2 Å². The minimum absolute atomic E-state index is 0.122. The van der Waals surface area contributed by atoms with Crippen LogP contribution in [0, 0.1) is 15.9 Å². The number of hydrogen-bond donors (Lipinski definition) is 0. The predicted molar refractivity (Wildman–Crippen MR) is 61.6 cm³/mol. The van der Waals surface area contributed by atoms with Crippen LogP contribution in [0.3, 0.4) is 0 Å². The van der Waals surface area contributed by atoms with E-state index in [1.807, 2.05) is 24.3 Å². The number of halogens is 1. The Balaban J connectivity index is 2.72. The number of carbonyl (C=O) groups is 1. The summed E-state index contributed by atoms with van der Waals surface area (Å²) in [4.78, 5) is 11.5. The monoisotopic (exact) mass is 284 g/mol. The van der Waals surface area contributed by atoms with E-state index in [1.54, 1.807) is 0 Å². The number of rotatable bonds is 3. The van der Waals surface area contributed by atoms with Gasteiger partial charge in [0.05, 0.1) is 0 Å². The van der Waals surface area contributed by atoms with Gasteiger partial charge in [0.15, 0.2) is 5.78 Å². The highest BCUT2D eigenvalue weighted by Gasteiger charge is 2.03. The molecule has 2 heteroatoms. The summed E-state index contributed by atoms with van der Waals surface area (Å²) in [6, 6.07) is 7.53. The SMILES string of the molecule is C#CCCC(=O)c1cccc(I)c1. The van der Waals surface area contributed by atoms with Crippen molar-refractivity contribution >= 4 is 28.4 Å². The predicted octanol–water partition coefficient (Wildman–Crippen LogP) is 2.89. The summed E-state index contributed by atoms with van der Waals surface area (Å²) in [6.45, 7) is 0. The van der Waals surface area contributed by atoms with Gasteiger partial charge >= 0.3 is 0 Å². The van der Waals surface area contributed by atoms with Gasteiger partial charge in [0.1, 0.15) is 0 Å². The molecule has 0 aliphatic heterocycles. The molecule has 13 heavy (non-hydrogen) atoms. The van der Waals surface area contributed by atoms with Crippen LogP contribution in [0.2, 0.25) is 0 Å². The fourth-order valence-electron chi connectivity index (χ4n) is 0.992. The van der Waals surface area contributed by atoms with E-state index in [4.69, 9.17) is 6.42 Å². The molecule has 0 aliphatic carbocycles. The lowest BCUT2D eigenvalue weighted by Gasteiger charge is -1.98. The number of terminal acetylenes is 1. The first-order valence-corrected chi connectivity index (χ1v) is 5.04. The molecule has 0 saturated heterocycles. The Bertz CT molecular complexity index is 349. The molecule has 0 aliphatic rings. The van der Waals surface area contributed by atoms with E-state index in [2.05, 4.69) is 28.5 Å². The van der Waals surface area contributed by atoms with Gasteiger partial charge in [-0.05, 0) is 34.7 Å². The van der Waals surface area contributed by atoms with Crippen LogP contribution in [0.4, 0.5) is 0 Å². The Morgan fingerprint density at radius 3 is 2.92 bits per heavy atom. The van der Waals surface area contributed by atoms with Crippen molar-refractivity contribution in [3.63, 3.8) is 0 Å². The minimum Gasteiger partial charge on any atom is -0.294 e. The summed E-state index contributed by atoms with van der Waals surface area (Å²) in [7, 11) is 0. The van der Waals surface area contributed by atoms with Crippen molar-refractivity contribution in [1.82, 2.24) is 0 Å². The maximum atomic E-state index is 11.5. The van der Waals surface area contributed by atoms with Crippen molar-refractivity contribution < 1.29 is 4.79 Å². The zero-order valence-electron chi connectivity index (χ0n) is 7.09. The van der Waals surface area contributed by atoms with Gasteiger partial charge < -0.3 is 0 Å². The van der Waals surface area contributed by atoms with Gasteiger partial charge in [0.25, 0.3) is 0 Å².